The van der Waals surface area contributed by atoms with Crippen molar-refractivity contribution in [3.8, 4) is 56.3 Å². The second kappa shape index (κ2) is 12.3. The molecule has 0 unspecified atom stereocenters. The molecular formula is C47H27N5OS. The monoisotopic (exact) mass is 709 g/mol. The van der Waals surface area contributed by atoms with E-state index in [0.29, 0.717) is 5.82 Å². The highest BCUT2D eigenvalue weighted by molar-refractivity contribution is 7.00. The van der Waals surface area contributed by atoms with E-state index in [1.165, 1.54) is 11.7 Å². The van der Waals surface area contributed by atoms with Crippen molar-refractivity contribution in [1.29, 1.82) is 0 Å². The highest BCUT2D eigenvalue weighted by Crippen LogP contribution is 2.42. The molecule has 7 heteroatoms. The quantitative estimate of drug-likeness (QED) is 0.166. The third-order valence-electron chi connectivity index (χ3n) is 10.2. The Labute approximate surface area is 313 Å². The van der Waals surface area contributed by atoms with E-state index in [9.17, 15) is 0 Å². The number of rotatable bonds is 5. The van der Waals surface area contributed by atoms with Crippen LogP contribution in [-0.2, 0) is 0 Å². The molecule has 11 rings (SSSR count). The zero-order valence-electron chi connectivity index (χ0n) is 28.6. The first kappa shape index (κ1) is 30.5. The van der Waals surface area contributed by atoms with E-state index in [-0.39, 0.29) is 0 Å². The summed E-state index contributed by atoms with van der Waals surface area (Å²) >= 11 is 1.22. The van der Waals surface area contributed by atoms with Gasteiger partial charge in [0.15, 0.2) is 5.82 Å². The summed E-state index contributed by atoms with van der Waals surface area (Å²) in [5.41, 5.74) is 12.8. The lowest BCUT2D eigenvalue weighted by Gasteiger charge is -2.14. The lowest BCUT2D eigenvalue weighted by atomic mass is 9.95. The van der Waals surface area contributed by atoms with E-state index in [2.05, 4.69) is 91.0 Å². The molecule has 0 aliphatic carbocycles. The van der Waals surface area contributed by atoms with Gasteiger partial charge in [0.1, 0.15) is 22.2 Å². The Bertz CT molecular complexity index is 3210. The molecule has 0 atom stereocenters. The first-order valence-electron chi connectivity index (χ1n) is 17.8. The Morgan fingerprint density at radius 1 is 0.426 bits per heavy atom. The van der Waals surface area contributed by atoms with E-state index >= 15 is 0 Å². The summed E-state index contributed by atoms with van der Waals surface area (Å²) in [6.07, 6.45) is 0. The van der Waals surface area contributed by atoms with Crippen LogP contribution in [0.15, 0.2) is 168 Å². The van der Waals surface area contributed by atoms with Crippen LogP contribution in [0.1, 0.15) is 0 Å². The molecule has 0 bridgehead atoms. The van der Waals surface area contributed by atoms with Gasteiger partial charge in [0.2, 0.25) is 0 Å². The number of fused-ring (bicyclic) bond motifs is 8. The highest BCUT2D eigenvalue weighted by atomic mass is 32.1. The SMILES string of the molecule is c1ccc(-c2nc(-c3ccc(-c4cccc5c4oc4ccccc45)cc3)cc(-c3cc4c(-c5ccccc5)nc5ccccc5c4c4nsnc34)n2)cc1. The maximum Gasteiger partial charge on any atom is 0.160 e. The van der Waals surface area contributed by atoms with Crippen LogP contribution in [0.4, 0.5) is 0 Å². The Hall–Kier alpha value is -7.09. The van der Waals surface area contributed by atoms with Gasteiger partial charge in [-0.1, -0.05) is 140 Å². The Balaban J connectivity index is 1.12. The smallest absolute Gasteiger partial charge is 0.160 e. The maximum atomic E-state index is 6.37. The van der Waals surface area contributed by atoms with Gasteiger partial charge in [-0.3, -0.25) is 0 Å². The average Bonchev–Trinajstić information content (AvgIpc) is 3.89. The summed E-state index contributed by atoms with van der Waals surface area (Å²) in [4.78, 5) is 15.6. The average molecular weight is 710 g/mol. The van der Waals surface area contributed by atoms with Crippen LogP contribution in [-0.4, -0.2) is 23.7 Å². The molecule has 11 aromatic rings. The second-order valence-corrected chi connectivity index (χ2v) is 13.9. The molecule has 252 valence electrons. The van der Waals surface area contributed by atoms with Crippen molar-refractivity contribution in [3.63, 3.8) is 0 Å². The number of benzene rings is 7. The Morgan fingerprint density at radius 2 is 1.09 bits per heavy atom. The predicted molar refractivity (Wildman–Crippen MR) is 220 cm³/mol. The minimum atomic E-state index is 0.635. The topological polar surface area (TPSA) is 77.6 Å². The third kappa shape index (κ3) is 4.90. The molecule has 4 aromatic heterocycles. The van der Waals surface area contributed by atoms with E-state index in [1.54, 1.807) is 0 Å². The fourth-order valence-corrected chi connectivity index (χ4v) is 8.19. The van der Waals surface area contributed by atoms with Gasteiger partial charge in [-0.15, -0.1) is 0 Å². The lowest BCUT2D eigenvalue weighted by molar-refractivity contribution is 0.670. The lowest BCUT2D eigenvalue weighted by Crippen LogP contribution is -1.97. The summed E-state index contributed by atoms with van der Waals surface area (Å²) < 4.78 is 16.2. The number of nitrogens with zero attached hydrogens (tertiary/aromatic N) is 5. The fourth-order valence-electron chi connectivity index (χ4n) is 7.62. The molecule has 6 nitrogen and oxygen atoms in total. The van der Waals surface area contributed by atoms with Gasteiger partial charge in [0, 0.05) is 54.7 Å². The van der Waals surface area contributed by atoms with Crippen molar-refractivity contribution in [3.05, 3.63) is 164 Å². The number of aromatic nitrogens is 5. The van der Waals surface area contributed by atoms with Crippen molar-refractivity contribution < 1.29 is 4.42 Å². The summed E-state index contributed by atoms with van der Waals surface area (Å²) in [7, 11) is 0. The van der Waals surface area contributed by atoms with Crippen LogP contribution in [0.2, 0.25) is 0 Å². The minimum Gasteiger partial charge on any atom is -0.455 e. The van der Waals surface area contributed by atoms with Gasteiger partial charge >= 0.3 is 0 Å². The third-order valence-corrected chi connectivity index (χ3v) is 10.7. The van der Waals surface area contributed by atoms with Crippen molar-refractivity contribution in [1.82, 2.24) is 23.7 Å². The molecule has 0 amide bonds. The second-order valence-electron chi connectivity index (χ2n) is 13.3. The fraction of sp³-hybridized carbons (Fsp3) is 0. The van der Waals surface area contributed by atoms with Gasteiger partial charge in [0.25, 0.3) is 0 Å². The highest BCUT2D eigenvalue weighted by Gasteiger charge is 2.21. The van der Waals surface area contributed by atoms with Gasteiger partial charge in [-0.2, -0.15) is 8.75 Å². The van der Waals surface area contributed by atoms with Crippen molar-refractivity contribution >= 4 is 66.4 Å². The van der Waals surface area contributed by atoms with Crippen molar-refractivity contribution in [2.45, 2.75) is 0 Å². The molecule has 7 aromatic carbocycles. The van der Waals surface area contributed by atoms with Gasteiger partial charge in [0.05, 0.1) is 34.3 Å². The zero-order valence-corrected chi connectivity index (χ0v) is 29.5. The number of hydrogen-bond acceptors (Lipinski definition) is 7. The van der Waals surface area contributed by atoms with Crippen LogP contribution in [0.5, 0.6) is 0 Å². The largest absolute Gasteiger partial charge is 0.455 e. The number of hydrogen-bond donors (Lipinski definition) is 0. The van der Waals surface area contributed by atoms with E-state index in [4.69, 9.17) is 28.1 Å². The molecule has 0 saturated heterocycles. The molecular weight excluding hydrogens is 683 g/mol. The molecule has 0 radical (unpaired) electrons. The van der Waals surface area contributed by atoms with Crippen LogP contribution in [0.3, 0.4) is 0 Å². The summed E-state index contributed by atoms with van der Waals surface area (Å²) in [6.45, 7) is 0. The van der Waals surface area contributed by atoms with Crippen LogP contribution < -0.4 is 0 Å². The van der Waals surface area contributed by atoms with Crippen molar-refractivity contribution in [2.75, 3.05) is 0 Å². The number of furan rings is 1. The summed E-state index contributed by atoms with van der Waals surface area (Å²) in [5.74, 6) is 0.635. The first-order chi connectivity index (χ1) is 26.8. The Morgan fingerprint density at radius 3 is 1.93 bits per heavy atom. The molecule has 0 N–H and O–H groups in total. The molecule has 54 heavy (non-hydrogen) atoms. The van der Waals surface area contributed by atoms with Gasteiger partial charge in [-0.05, 0) is 29.8 Å². The van der Waals surface area contributed by atoms with Gasteiger partial charge in [-0.25, -0.2) is 15.0 Å². The maximum absolute atomic E-state index is 6.37. The standard InChI is InChI=1S/C47H27N5OS/c1-3-12-30(13-4-1)43-37-26-36(44-45(52-54-51-44)42(37)35-17-7-9-20-38(35)48-43)40-27-39(49-47(50-40)31-14-5-2-6-15-31)29-24-22-28(23-25-29)32-18-11-19-34-33-16-8-10-21-41(33)53-46(32)34/h1-27H. The summed E-state index contributed by atoms with van der Waals surface area (Å²) in [5, 5.41) is 5.31. The number of pyridine rings is 1. The molecule has 0 aliphatic rings. The van der Waals surface area contributed by atoms with Crippen LogP contribution in [0, 0.1) is 0 Å². The van der Waals surface area contributed by atoms with Crippen LogP contribution >= 0.6 is 11.7 Å². The minimum absolute atomic E-state index is 0.635. The molecule has 0 aliphatic heterocycles. The van der Waals surface area contributed by atoms with E-state index in [1.807, 2.05) is 72.8 Å². The van der Waals surface area contributed by atoms with Gasteiger partial charge < -0.3 is 4.42 Å². The zero-order chi connectivity index (χ0) is 35.6. The molecule has 4 heterocycles. The first-order valence-corrected chi connectivity index (χ1v) is 18.5. The molecule has 0 fully saturated rings. The van der Waals surface area contributed by atoms with E-state index < -0.39 is 0 Å². The molecule has 0 spiro atoms. The molecule has 0 saturated carbocycles. The van der Waals surface area contributed by atoms with Crippen LogP contribution in [0.25, 0.3) is 111 Å². The Kier molecular flexibility index (Phi) is 6.93. The predicted octanol–water partition coefficient (Wildman–Crippen LogP) is 12.4. The normalized spacial score (nSPS) is 11.7. The number of para-hydroxylation sites is 3. The summed E-state index contributed by atoms with van der Waals surface area (Å²) in [6, 6.07) is 56.0. The van der Waals surface area contributed by atoms with Crippen molar-refractivity contribution in [2.24, 2.45) is 0 Å². The van der Waals surface area contributed by atoms with E-state index in [0.717, 1.165) is 105 Å².